The number of rotatable bonds is 6. The number of hydrogen-bond acceptors (Lipinski definition) is 4. The third-order valence-electron chi connectivity index (χ3n) is 5.64. The Bertz CT molecular complexity index is 1140. The van der Waals surface area contributed by atoms with Crippen LogP contribution in [0.3, 0.4) is 0 Å². The molecule has 1 aliphatic rings. The summed E-state index contributed by atoms with van der Waals surface area (Å²) in [6.45, 7) is 2.79. The minimum Gasteiger partial charge on any atom is -0.320 e. The van der Waals surface area contributed by atoms with Crippen molar-refractivity contribution in [1.29, 1.82) is 0 Å². The zero-order valence-corrected chi connectivity index (χ0v) is 20.1. The van der Waals surface area contributed by atoms with Crippen LogP contribution in [0.15, 0.2) is 60.9 Å². The topological polar surface area (TPSA) is 58.1 Å². The molecule has 0 unspecified atom stereocenters. The summed E-state index contributed by atoms with van der Waals surface area (Å²) in [5.74, 6) is -0.0236. The quantitative estimate of drug-likeness (QED) is 0.388. The number of anilines is 1. The monoisotopic (exact) mass is 500 g/mol. The predicted octanol–water partition coefficient (Wildman–Crippen LogP) is 6.58. The van der Waals surface area contributed by atoms with E-state index in [-0.39, 0.29) is 17.0 Å². The van der Waals surface area contributed by atoms with Crippen molar-refractivity contribution < 1.29 is 4.79 Å². The highest BCUT2D eigenvalue weighted by Crippen LogP contribution is 2.33. The molecule has 170 valence electrons. The molecular weight excluding hydrogens is 479 g/mol. The first-order valence-electron chi connectivity index (χ1n) is 10.7. The van der Waals surface area contributed by atoms with E-state index < -0.39 is 0 Å². The third-order valence-corrected chi connectivity index (χ3v) is 6.31. The molecule has 0 bridgehead atoms. The molecule has 5 nitrogen and oxygen atoms in total. The normalized spacial score (nSPS) is 15.1. The van der Waals surface area contributed by atoms with Gasteiger partial charge in [-0.15, -0.1) is 0 Å². The number of hydrogen-bond donors (Lipinski definition) is 1. The second-order valence-electron chi connectivity index (χ2n) is 7.94. The van der Waals surface area contributed by atoms with Crippen LogP contribution in [-0.4, -0.2) is 40.4 Å². The Morgan fingerprint density at radius 2 is 1.79 bits per heavy atom. The number of benzene rings is 1. The molecule has 0 saturated carbocycles. The number of piperidine rings is 1. The smallest absolute Gasteiger partial charge is 0.255 e. The Labute approximate surface area is 208 Å². The van der Waals surface area contributed by atoms with Crippen LogP contribution in [0.2, 0.25) is 15.2 Å². The number of amides is 1. The van der Waals surface area contributed by atoms with Gasteiger partial charge >= 0.3 is 0 Å². The summed E-state index contributed by atoms with van der Waals surface area (Å²) >= 11 is 18.0. The van der Waals surface area contributed by atoms with E-state index in [2.05, 4.69) is 32.3 Å². The van der Waals surface area contributed by atoms with Crippen LogP contribution in [0.4, 0.5) is 5.69 Å². The number of halogens is 3. The van der Waals surface area contributed by atoms with Crippen molar-refractivity contribution in [1.82, 2.24) is 14.9 Å². The van der Waals surface area contributed by atoms with Gasteiger partial charge in [0.15, 0.2) is 0 Å². The number of likely N-dealkylation sites (tertiary alicyclic amines) is 1. The van der Waals surface area contributed by atoms with Crippen LogP contribution in [0.25, 0.3) is 6.08 Å². The van der Waals surface area contributed by atoms with Gasteiger partial charge < -0.3 is 5.32 Å². The standard InChI is InChI=1S/C25H23Cl3N4O/c26-20-5-3-17(4-6-20)2-1-11-32-12-8-18(9-13-32)24-22(15-21(27)16-30-24)31-25(33)19-7-10-29-23(28)14-19/h1-7,10,14-16,18H,8-9,11-13H2,(H,31,33)/b2-1+. The Morgan fingerprint density at radius 3 is 2.52 bits per heavy atom. The van der Waals surface area contributed by atoms with Crippen molar-refractivity contribution in [2.24, 2.45) is 0 Å². The van der Waals surface area contributed by atoms with Crippen molar-refractivity contribution >= 4 is 52.5 Å². The van der Waals surface area contributed by atoms with Gasteiger partial charge in [0.05, 0.1) is 16.4 Å². The number of nitrogens with one attached hydrogen (secondary N) is 1. The molecule has 3 aromatic rings. The molecule has 0 atom stereocenters. The highest BCUT2D eigenvalue weighted by atomic mass is 35.5. The minimum absolute atomic E-state index is 0.245. The van der Waals surface area contributed by atoms with E-state index in [1.807, 2.05) is 24.3 Å². The molecule has 0 aliphatic carbocycles. The van der Waals surface area contributed by atoms with Gasteiger partial charge in [-0.25, -0.2) is 4.98 Å². The Hall–Kier alpha value is -2.44. The van der Waals surface area contributed by atoms with E-state index in [0.29, 0.717) is 16.3 Å². The van der Waals surface area contributed by atoms with E-state index in [4.69, 9.17) is 34.8 Å². The van der Waals surface area contributed by atoms with Gasteiger partial charge in [-0.05, 0) is 61.8 Å². The van der Waals surface area contributed by atoms with Crippen LogP contribution >= 0.6 is 34.8 Å². The molecule has 1 aromatic carbocycles. The van der Waals surface area contributed by atoms with Crippen LogP contribution < -0.4 is 5.32 Å². The van der Waals surface area contributed by atoms with Crippen molar-refractivity contribution in [3.05, 3.63) is 93.0 Å². The lowest BCUT2D eigenvalue weighted by Gasteiger charge is -2.31. The number of carbonyl (C=O) groups excluding carboxylic acids is 1. The zero-order chi connectivity index (χ0) is 23.2. The van der Waals surface area contributed by atoms with Crippen molar-refractivity contribution in [2.75, 3.05) is 25.0 Å². The average Bonchev–Trinajstić information content (AvgIpc) is 2.81. The first-order valence-corrected chi connectivity index (χ1v) is 11.8. The number of nitrogens with zero attached hydrogens (tertiary/aromatic N) is 3. The SMILES string of the molecule is O=C(Nc1cc(Cl)cnc1C1CCN(C/C=C/c2ccc(Cl)cc2)CC1)c1ccnc(Cl)c1. The summed E-state index contributed by atoms with van der Waals surface area (Å²) in [5, 5.41) is 4.44. The molecule has 1 amide bonds. The Morgan fingerprint density at radius 1 is 1.03 bits per heavy atom. The van der Waals surface area contributed by atoms with E-state index in [1.165, 1.54) is 12.3 Å². The maximum absolute atomic E-state index is 12.7. The molecule has 1 N–H and O–H groups in total. The second-order valence-corrected chi connectivity index (χ2v) is 9.20. The van der Waals surface area contributed by atoms with Crippen LogP contribution in [0.5, 0.6) is 0 Å². The maximum Gasteiger partial charge on any atom is 0.255 e. The fourth-order valence-electron chi connectivity index (χ4n) is 3.91. The molecule has 1 aliphatic heterocycles. The summed E-state index contributed by atoms with van der Waals surface area (Å²) in [5.41, 5.74) is 3.07. The summed E-state index contributed by atoms with van der Waals surface area (Å²) in [7, 11) is 0. The molecule has 0 radical (unpaired) electrons. The Kier molecular flexibility index (Phi) is 7.99. The number of carbonyl (C=O) groups is 1. The van der Waals surface area contributed by atoms with Gasteiger partial charge in [-0.2, -0.15) is 0 Å². The third kappa shape index (κ3) is 6.55. The fourth-order valence-corrected chi connectivity index (χ4v) is 4.37. The summed E-state index contributed by atoms with van der Waals surface area (Å²) in [6, 6.07) is 12.7. The van der Waals surface area contributed by atoms with Crippen LogP contribution in [-0.2, 0) is 0 Å². The maximum atomic E-state index is 12.7. The first kappa shape index (κ1) is 23.7. The lowest BCUT2D eigenvalue weighted by molar-refractivity contribution is 0.102. The second kappa shape index (κ2) is 11.1. The van der Waals surface area contributed by atoms with E-state index in [9.17, 15) is 4.79 Å². The average molecular weight is 502 g/mol. The van der Waals surface area contributed by atoms with Gasteiger partial charge in [0.1, 0.15) is 5.15 Å². The molecule has 33 heavy (non-hydrogen) atoms. The number of aromatic nitrogens is 2. The minimum atomic E-state index is -0.269. The lowest BCUT2D eigenvalue weighted by Crippen LogP contribution is -2.33. The molecule has 4 rings (SSSR count). The molecule has 3 heterocycles. The Balaban J connectivity index is 1.38. The van der Waals surface area contributed by atoms with Crippen molar-refractivity contribution in [3.8, 4) is 0 Å². The molecule has 2 aromatic heterocycles. The van der Waals surface area contributed by atoms with Gasteiger partial charge in [-0.3, -0.25) is 14.7 Å². The van der Waals surface area contributed by atoms with Crippen molar-refractivity contribution in [3.63, 3.8) is 0 Å². The highest BCUT2D eigenvalue weighted by Gasteiger charge is 2.24. The van der Waals surface area contributed by atoms with Crippen LogP contribution in [0, 0.1) is 0 Å². The summed E-state index contributed by atoms with van der Waals surface area (Å²) in [4.78, 5) is 23.6. The van der Waals surface area contributed by atoms with Crippen molar-refractivity contribution in [2.45, 2.75) is 18.8 Å². The largest absolute Gasteiger partial charge is 0.320 e. The number of pyridine rings is 2. The van der Waals surface area contributed by atoms with Gasteiger partial charge in [0.2, 0.25) is 0 Å². The molecular formula is C25H23Cl3N4O. The van der Waals surface area contributed by atoms with E-state index in [0.717, 1.165) is 48.8 Å². The highest BCUT2D eigenvalue weighted by molar-refractivity contribution is 6.31. The molecule has 0 spiro atoms. The summed E-state index contributed by atoms with van der Waals surface area (Å²) in [6.07, 6.45) is 9.33. The first-order chi connectivity index (χ1) is 16.0. The fraction of sp³-hybridized carbons (Fsp3) is 0.240. The van der Waals surface area contributed by atoms with E-state index in [1.54, 1.807) is 18.3 Å². The van der Waals surface area contributed by atoms with Gasteiger partial charge in [0, 0.05) is 35.4 Å². The van der Waals surface area contributed by atoms with E-state index >= 15 is 0 Å². The molecule has 8 heteroatoms. The lowest BCUT2D eigenvalue weighted by atomic mass is 9.92. The molecule has 1 fully saturated rings. The summed E-state index contributed by atoms with van der Waals surface area (Å²) < 4.78 is 0. The zero-order valence-electron chi connectivity index (χ0n) is 17.8. The molecule has 1 saturated heterocycles. The van der Waals surface area contributed by atoms with Gasteiger partial charge in [-0.1, -0.05) is 59.1 Å². The van der Waals surface area contributed by atoms with Crippen LogP contribution in [0.1, 0.15) is 40.4 Å². The predicted molar refractivity (Wildman–Crippen MR) is 135 cm³/mol. The van der Waals surface area contributed by atoms with Gasteiger partial charge in [0.25, 0.3) is 5.91 Å².